The van der Waals surface area contributed by atoms with Crippen LogP contribution in [0.15, 0.2) is 18.2 Å². The van der Waals surface area contributed by atoms with E-state index >= 15 is 0 Å². The van der Waals surface area contributed by atoms with Gasteiger partial charge in [-0.05, 0) is 24.8 Å². The zero-order valence-electron chi connectivity index (χ0n) is 17.2. The quantitative estimate of drug-likeness (QED) is 0.361. The first kappa shape index (κ1) is 25.2. The second kappa shape index (κ2) is 12.0. The molecule has 1 N–H and O–H groups in total. The van der Waals surface area contributed by atoms with E-state index in [1.165, 1.54) is 12.1 Å². The summed E-state index contributed by atoms with van der Waals surface area (Å²) in [5, 5.41) is 14.0. The average molecular weight is 448 g/mol. The minimum absolute atomic E-state index is 0.000181. The molecular formula is C19H30ClN3O5S. The molecule has 8 nitrogen and oxygen atoms in total. The zero-order chi connectivity index (χ0) is 22.0. The summed E-state index contributed by atoms with van der Waals surface area (Å²) in [5.74, 6) is 0.300. The molecule has 0 saturated heterocycles. The Bertz CT molecular complexity index is 801. The predicted molar refractivity (Wildman–Crippen MR) is 116 cm³/mol. The van der Waals surface area contributed by atoms with Gasteiger partial charge in [-0.25, -0.2) is 8.42 Å². The van der Waals surface area contributed by atoms with Crippen molar-refractivity contribution in [1.82, 2.24) is 5.32 Å². The molecule has 0 fully saturated rings. The first-order chi connectivity index (χ1) is 13.6. The topological polar surface area (TPSA) is 110 Å². The van der Waals surface area contributed by atoms with Crippen LogP contribution in [0.5, 0.6) is 0 Å². The number of nitrogens with zero attached hydrogens (tertiary/aromatic N) is 2. The minimum atomic E-state index is -3.73. The van der Waals surface area contributed by atoms with Crippen molar-refractivity contribution in [2.24, 2.45) is 5.92 Å². The lowest BCUT2D eigenvalue weighted by atomic mass is 9.99. The summed E-state index contributed by atoms with van der Waals surface area (Å²) in [7, 11) is -3.73. The Balaban J connectivity index is 2.72. The Morgan fingerprint density at radius 1 is 1.31 bits per heavy atom. The molecule has 1 unspecified atom stereocenters. The standard InChI is InChI=1S/C19H30ClN3O5S/c1-4-6-8-15(5-2)14-21-19(24)9-7-12-22(29(3,27)28)18-13-16(23(25)26)10-11-17(18)20/h10-11,13,15H,4-9,12,14H2,1-3H3,(H,21,24). The Morgan fingerprint density at radius 3 is 2.55 bits per heavy atom. The average Bonchev–Trinajstić information content (AvgIpc) is 2.65. The molecule has 0 aliphatic rings. The summed E-state index contributed by atoms with van der Waals surface area (Å²) in [5.41, 5.74) is -0.220. The van der Waals surface area contributed by atoms with E-state index in [-0.39, 0.29) is 41.7 Å². The first-order valence-corrected chi connectivity index (χ1v) is 12.0. The van der Waals surface area contributed by atoms with E-state index in [1.54, 1.807) is 0 Å². The van der Waals surface area contributed by atoms with Crippen LogP contribution in [0.1, 0.15) is 52.4 Å². The lowest BCUT2D eigenvalue weighted by Gasteiger charge is -2.23. The van der Waals surface area contributed by atoms with Crippen LogP contribution in [0.2, 0.25) is 5.02 Å². The number of halogens is 1. The highest BCUT2D eigenvalue weighted by Gasteiger charge is 2.22. The van der Waals surface area contributed by atoms with Crippen LogP contribution >= 0.6 is 11.6 Å². The summed E-state index contributed by atoms with van der Waals surface area (Å²) in [4.78, 5) is 22.5. The van der Waals surface area contributed by atoms with Crippen molar-refractivity contribution in [2.45, 2.75) is 52.4 Å². The molecule has 10 heteroatoms. The van der Waals surface area contributed by atoms with Crippen molar-refractivity contribution in [3.63, 3.8) is 0 Å². The van der Waals surface area contributed by atoms with Gasteiger partial charge < -0.3 is 5.32 Å². The molecule has 1 atom stereocenters. The summed E-state index contributed by atoms with van der Waals surface area (Å²) in [6.07, 6.45) is 5.73. The smallest absolute Gasteiger partial charge is 0.271 e. The van der Waals surface area contributed by atoms with Crippen LogP contribution < -0.4 is 9.62 Å². The molecule has 0 saturated carbocycles. The molecule has 0 bridgehead atoms. The Hall–Kier alpha value is -1.87. The largest absolute Gasteiger partial charge is 0.356 e. The van der Waals surface area contributed by atoms with Gasteiger partial charge in [0.1, 0.15) is 0 Å². The summed E-state index contributed by atoms with van der Waals surface area (Å²) in [6, 6.07) is 3.63. The number of nitro benzene ring substituents is 1. The second-order valence-corrected chi connectivity index (χ2v) is 9.37. The first-order valence-electron chi connectivity index (χ1n) is 9.78. The van der Waals surface area contributed by atoms with Gasteiger partial charge >= 0.3 is 0 Å². The van der Waals surface area contributed by atoms with Crippen LogP contribution in [0.25, 0.3) is 0 Å². The predicted octanol–water partition coefficient (Wildman–Crippen LogP) is 4.13. The van der Waals surface area contributed by atoms with Crippen LogP contribution in [-0.4, -0.2) is 38.6 Å². The maximum Gasteiger partial charge on any atom is 0.271 e. The summed E-state index contributed by atoms with van der Waals surface area (Å²) >= 11 is 6.08. The Labute approximate surface area is 177 Å². The van der Waals surface area contributed by atoms with Gasteiger partial charge in [0.25, 0.3) is 5.69 Å². The van der Waals surface area contributed by atoms with Gasteiger partial charge in [0.05, 0.1) is 21.9 Å². The van der Waals surface area contributed by atoms with E-state index in [9.17, 15) is 23.3 Å². The van der Waals surface area contributed by atoms with Crippen molar-refractivity contribution in [3.05, 3.63) is 33.3 Å². The van der Waals surface area contributed by atoms with Gasteiger partial charge in [-0.3, -0.25) is 19.2 Å². The molecule has 1 amide bonds. The Morgan fingerprint density at radius 2 is 2.00 bits per heavy atom. The third-order valence-corrected chi connectivity index (χ3v) is 6.21. The highest BCUT2D eigenvalue weighted by Crippen LogP contribution is 2.31. The fourth-order valence-electron chi connectivity index (χ4n) is 2.94. The number of nitro groups is 1. The van der Waals surface area contributed by atoms with Gasteiger partial charge in [-0.1, -0.05) is 44.7 Å². The SMILES string of the molecule is CCCCC(CC)CNC(=O)CCCN(c1cc([N+](=O)[O-])ccc1Cl)S(C)(=O)=O. The van der Waals surface area contributed by atoms with Gasteiger partial charge in [-0.15, -0.1) is 0 Å². The van der Waals surface area contributed by atoms with Crippen molar-refractivity contribution < 1.29 is 18.1 Å². The lowest BCUT2D eigenvalue weighted by molar-refractivity contribution is -0.384. The highest BCUT2D eigenvalue weighted by atomic mass is 35.5. The number of amides is 1. The number of anilines is 1. The number of sulfonamides is 1. The molecule has 1 rings (SSSR count). The number of hydrogen-bond acceptors (Lipinski definition) is 5. The van der Waals surface area contributed by atoms with E-state index in [0.29, 0.717) is 12.5 Å². The molecule has 1 aromatic carbocycles. The normalized spacial score (nSPS) is 12.4. The highest BCUT2D eigenvalue weighted by molar-refractivity contribution is 7.92. The molecule has 0 heterocycles. The van der Waals surface area contributed by atoms with Gasteiger partial charge in [-0.2, -0.15) is 0 Å². The fourth-order valence-corrected chi connectivity index (χ4v) is 4.18. The maximum atomic E-state index is 12.2. The van der Waals surface area contributed by atoms with Crippen molar-refractivity contribution >= 4 is 38.9 Å². The van der Waals surface area contributed by atoms with Crippen LogP contribution in [-0.2, 0) is 14.8 Å². The number of carbonyl (C=O) groups is 1. The maximum absolute atomic E-state index is 12.2. The number of unbranched alkanes of at least 4 members (excludes halogenated alkanes) is 1. The number of carbonyl (C=O) groups excluding carboxylic acids is 1. The van der Waals surface area contributed by atoms with E-state index < -0.39 is 14.9 Å². The molecule has 0 aromatic heterocycles. The molecule has 29 heavy (non-hydrogen) atoms. The monoisotopic (exact) mass is 447 g/mol. The molecule has 0 aliphatic heterocycles. The van der Waals surface area contributed by atoms with Gasteiger partial charge in [0.15, 0.2) is 0 Å². The van der Waals surface area contributed by atoms with E-state index in [2.05, 4.69) is 19.2 Å². The van der Waals surface area contributed by atoms with Crippen LogP contribution in [0, 0.1) is 16.0 Å². The number of rotatable bonds is 13. The van der Waals surface area contributed by atoms with Crippen molar-refractivity contribution in [2.75, 3.05) is 23.7 Å². The number of nitrogens with one attached hydrogen (secondary N) is 1. The molecule has 0 aliphatic carbocycles. The summed E-state index contributed by atoms with van der Waals surface area (Å²) < 4.78 is 25.4. The van der Waals surface area contributed by atoms with E-state index in [1.807, 2.05) is 0 Å². The molecule has 0 radical (unpaired) electrons. The molecule has 0 spiro atoms. The van der Waals surface area contributed by atoms with Crippen LogP contribution in [0.3, 0.4) is 0 Å². The van der Waals surface area contributed by atoms with Crippen LogP contribution in [0.4, 0.5) is 11.4 Å². The minimum Gasteiger partial charge on any atom is -0.356 e. The van der Waals surface area contributed by atoms with Gasteiger partial charge in [0.2, 0.25) is 15.9 Å². The second-order valence-electron chi connectivity index (χ2n) is 7.05. The van der Waals surface area contributed by atoms with Gasteiger partial charge in [0, 0.05) is 31.6 Å². The summed E-state index contributed by atoms with van der Waals surface area (Å²) in [6.45, 7) is 4.84. The number of hydrogen-bond donors (Lipinski definition) is 1. The third kappa shape index (κ3) is 8.57. The fraction of sp³-hybridized carbons (Fsp3) is 0.632. The van der Waals surface area contributed by atoms with Crippen molar-refractivity contribution in [1.29, 1.82) is 0 Å². The molecular weight excluding hydrogens is 418 g/mol. The number of benzene rings is 1. The zero-order valence-corrected chi connectivity index (χ0v) is 18.8. The van der Waals surface area contributed by atoms with E-state index in [0.717, 1.165) is 42.3 Å². The third-order valence-electron chi connectivity index (χ3n) is 4.71. The Kier molecular flexibility index (Phi) is 10.4. The molecule has 1 aromatic rings. The van der Waals surface area contributed by atoms with Crippen molar-refractivity contribution in [3.8, 4) is 0 Å². The number of non-ortho nitro benzene ring substituents is 1. The lowest BCUT2D eigenvalue weighted by Crippen LogP contribution is -2.33. The molecule has 164 valence electrons. The van der Waals surface area contributed by atoms with E-state index in [4.69, 9.17) is 11.6 Å².